The van der Waals surface area contributed by atoms with E-state index in [4.69, 9.17) is 11.6 Å². The second-order valence-corrected chi connectivity index (χ2v) is 5.27. The molecule has 0 saturated carbocycles. The van der Waals surface area contributed by atoms with Crippen molar-refractivity contribution in [2.45, 2.75) is 32.9 Å². The van der Waals surface area contributed by atoms with Gasteiger partial charge in [-0.15, -0.1) is 0 Å². The summed E-state index contributed by atoms with van der Waals surface area (Å²) in [5.74, 6) is 1.25. The Morgan fingerprint density at radius 1 is 1.37 bits per heavy atom. The fourth-order valence-electron chi connectivity index (χ4n) is 1.86. The fourth-order valence-corrected chi connectivity index (χ4v) is 2.04. The maximum Gasteiger partial charge on any atom is 0.138 e. The number of aromatic nitrogens is 4. The van der Waals surface area contributed by atoms with Gasteiger partial charge in [-0.1, -0.05) is 25.4 Å². The zero-order chi connectivity index (χ0) is 13.8. The van der Waals surface area contributed by atoms with Gasteiger partial charge in [0.1, 0.15) is 17.3 Å². The van der Waals surface area contributed by atoms with Crippen LogP contribution in [0.2, 0.25) is 5.15 Å². The van der Waals surface area contributed by atoms with Crippen LogP contribution in [0.25, 0.3) is 0 Å². The van der Waals surface area contributed by atoms with E-state index < -0.39 is 6.10 Å². The van der Waals surface area contributed by atoms with Crippen LogP contribution in [-0.4, -0.2) is 24.9 Å². The van der Waals surface area contributed by atoms with Gasteiger partial charge in [-0.05, 0) is 23.6 Å². The van der Waals surface area contributed by atoms with Gasteiger partial charge in [0.25, 0.3) is 0 Å². The molecule has 0 amide bonds. The highest BCUT2D eigenvalue weighted by Gasteiger charge is 2.14. The minimum Gasteiger partial charge on any atom is -0.388 e. The minimum absolute atomic E-state index is 0.375. The molecule has 0 aliphatic rings. The van der Waals surface area contributed by atoms with Crippen molar-refractivity contribution in [3.05, 3.63) is 41.2 Å². The van der Waals surface area contributed by atoms with Crippen LogP contribution >= 0.6 is 11.6 Å². The highest BCUT2D eigenvalue weighted by atomic mass is 35.5. The van der Waals surface area contributed by atoms with Crippen LogP contribution in [0.4, 0.5) is 0 Å². The zero-order valence-corrected chi connectivity index (χ0v) is 11.7. The van der Waals surface area contributed by atoms with E-state index in [1.165, 1.54) is 6.33 Å². The van der Waals surface area contributed by atoms with Crippen molar-refractivity contribution in [3.63, 3.8) is 0 Å². The molecule has 0 spiro atoms. The lowest BCUT2D eigenvalue weighted by molar-refractivity contribution is 0.173. The summed E-state index contributed by atoms with van der Waals surface area (Å²) in [5.41, 5.74) is 0.735. The van der Waals surface area contributed by atoms with E-state index in [-0.39, 0.29) is 0 Å². The average molecular weight is 281 g/mol. The molecule has 2 aromatic heterocycles. The van der Waals surface area contributed by atoms with Gasteiger partial charge in [-0.2, -0.15) is 5.10 Å². The quantitative estimate of drug-likeness (QED) is 0.853. The number of pyridine rings is 1. The molecule has 1 unspecified atom stereocenters. The number of nitrogens with zero attached hydrogens (tertiary/aromatic N) is 4. The molecule has 0 aliphatic heterocycles. The fraction of sp³-hybridized carbons (Fsp3) is 0.462. The van der Waals surface area contributed by atoms with E-state index in [1.807, 2.05) is 4.68 Å². The Bertz CT molecular complexity index is 541. The average Bonchev–Trinajstić information content (AvgIpc) is 2.75. The topological polar surface area (TPSA) is 63.8 Å². The lowest BCUT2D eigenvalue weighted by atomic mass is 10.1. The van der Waals surface area contributed by atoms with Crippen LogP contribution in [0.3, 0.4) is 0 Å². The van der Waals surface area contributed by atoms with Crippen LogP contribution in [0, 0.1) is 5.92 Å². The van der Waals surface area contributed by atoms with Crippen molar-refractivity contribution >= 4 is 11.6 Å². The first-order chi connectivity index (χ1) is 9.06. The molecule has 0 radical (unpaired) electrons. The Kier molecular flexibility index (Phi) is 4.50. The van der Waals surface area contributed by atoms with Gasteiger partial charge in [0.2, 0.25) is 0 Å². The van der Waals surface area contributed by atoms with Crippen LogP contribution in [-0.2, 0) is 13.0 Å². The standard InChI is InChI=1S/C13H17ClN4O/c1-9(2)7-18-13(16-8-17-18)6-11(19)10-3-4-15-12(14)5-10/h3-5,8-9,11,19H,6-7H2,1-2H3. The molecule has 19 heavy (non-hydrogen) atoms. The molecule has 2 heterocycles. The molecule has 0 fully saturated rings. The SMILES string of the molecule is CC(C)Cn1ncnc1CC(O)c1ccnc(Cl)c1. The number of hydrogen-bond acceptors (Lipinski definition) is 4. The summed E-state index contributed by atoms with van der Waals surface area (Å²) in [4.78, 5) is 8.10. The Morgan fingerprint density at radius 3 is 2.84 bits per heavy atom. The Balaban J connectivity index is 2.10. The Hall–Kier alpha value is -1.46. The summed E-state index contributed by atoms with van der Waals surface area (Å²) >= 11 is 5.82. The van der Waals surface area contributed by atoms with Crippen molar-refractivity contribution in [2.75, 3.05) is 0 Å². The molecule has 0 aliphatic carbocycles. The van der Waals surface area contributed by atoms with E-state index in [0.717, 1.165) is 17.9 Å². The van der Waals surface area contributed by atoms with Gasteiger partial charge in [0.15, 0.2) is 0 Å². The van der Waals surface area contributed by atoms with Crippen molar-refractivity contribution in [1.29, 1.82) is 0 Å². The highest BCUT2D eigenvalue weighted by molar-refractivity contribution is 6.29. The van der Waals surface area contributed by atoms with Crippen molar-refractivity contribution in [2.24, 2.45) is 5.92 Å². The predicted molar refractivity (Wildman–Crippen MR) is 72.8 cm³/mol. The number of rotatable bonds is 5. The lowest BCUT2D eigenvalue weighted by Gasteiger charge is -2.12. The first-order valence-electron chi connectivity index (χ1n) is 6.22. The summed E-state index contributed by atoms with van der Waals surface area (Å²) in [6.07, 6.45) is 2.85. The summed E-state index contributed by atoms with van der Waals surface area (Å²) in [7, 11) is 0. The van der Waals surface area contributed by atoms with Crippen LogP contribution in [0.5, 0.6) is 0 Å². The van der Waals surface area contributed by atoms with Crippen LogP contribution in [0.15, 0.2) is 24.7 Å². The third-order valence-corrected chi connectivity index (χ3v) is 2.95. The maximum atomic E-state index is 10.2. The third-order valence-electron chi connectivity index (χ3n) is 2.75. The van der Waals surface area contributed by atoms with E-state index in [9.17, 15) is 5.11 Å². The van der Waals surface area contributed by atoms with Crippen molar-refractivity contribution in [3.8, 4) is 0 Å². The second kappa shape index (κ2) is 6.12. The monoisotopic (exact) mass is 280 g/mol. The minimum atomic E-state index is -0.657. The van der Waals surface area contributed by atoms with E-state index in [2.05, 4.69) is 28.9 Å². The summed E-state index contributed by atoms with van der Waals surface area (Å²) in [6.45, 7) is 5.02. The number of hydrogen-bond donors (Lipinski definition) is 1. The smallest absolute Gasteiger partial charge is 0.138 e. The van der Waals surface area contributed by atoms with E-state index in [0.29, 0.717) is 17.5 Å². The first-order valence-corrected chi connectivity index (χ1v) is 6.60. The van der Waals surface area contributed by atoms with Crippen LogP contribution in [0.1, 0.15) is 31.3 Å². The molecule has 102 valence electrons. The van der Waals surface area contributed by atoms with Gasteiger partial charge in [-0.3, -0.25) is 0 Å². The molecular weight excluding hydrogens is 264 g/mol. The zero-order valence-electron chi connectivity index (χ0n) is 11.0. The van der Waals surface area contributed by atoms with Gasteiger partial charge in [0.05, 0.1) is 6.10 Å². The normalized spacial score (nSPS) is 12.9. The summed E-state index contributed by atoms with van der Waals surface area (Å²) < 4.78 is 1.83. The molecule has 2 aromatic rings. The summed E-state index contributed by atoms with van der Waals surface area (Å²) in [6, 6.07) is 3.41. The number of aliphatic hydroxyl groups is 1. The van der Waals surface area contributed by atoms with Gasteiger partial charge in [-0.25, -0.2) is 14.6 Å². The van der Waals surface area contributed by atoms with Gasteiger partial charge >= 0.3 is 0 Å². The molecule has 0 saturated heterocycles. The highest BCUT2D eigenvalue weighted by Crippen LogP contribution is 2.19. The molecule has 1 atom stereocenters. The lowest BCUT2D eigenvalue weighted by Crippen LogP contribution is -2.13. The second-order valence-electron chi connectivity index (χ2n) is 4.88. The molecule has 0 aromatic carbocycles. The van der Waals surface area contributed by atoms with Crippen molar-refractivity contribution < 1.29 is 5.11 Å². The maximum absolute atomic E-state index is 10.2. The predicted octanol–water partition coefficient (Wildman–Crippen LogP) is 2.26. The molecule has 0 bridgehead atoms. The Morgan fingerprint density at radius 2 is 2.16 bits per heavy atom. The molecular formula is C13H17ClN4O. The molecule has 6 heteroatoms. The molecule has 2 rings (SSSR count). The number of halogens is 1. The number of aliphatic hydroxyl groups excluding tert-OH is 1. The van der Waals surface area contributed by atoms with Crippen molar-refractivity contribution in [1.82, 2.24) is 19.7 Å². The first kappa shape index (κ1) is 14.0. The largest absolute Gasteiger partial charge is 0.388 e. The van der Waals surface area contributed by atoms with Gasteiger partial charge in [0, 0.05) is 19.2 Å². The summed E-state index contributed by atoms with van der Waals surface area (Å²) in [5, 5.41) is 14.8. The van der Waals surface area contributed by atoms with Crippen LogP contribution < -0.4 is 0 Å². The molecule has 1 N–H and O–H groups in total. The Labute approximate surface area is 117 Å². The van der Waals surface area contributed by atoms with Gasteiger partial charge < -0.3 is 5.11 Å². The molecule has 5 nitrogen and oxygen atoms in total. The van der Waals surface area contributed by atoms with E-state index in [1.54, 1.807) is 18.3 Å². The van der Waals surface area contributed by atoms with E-state index >= 15 is 0 Å². The third kappa shape index (κ3) is 3.75.